The largest absolute Gasteiger partial charge is 0.309 e. The molecule has 2 aromatic heterocycles. The number of hydrogen-bond acceptors (Lipinski definition) is 4. The van der Waals surface area contributed by atoms with Crippen LogP contribution in [-0.2, 0) is 0 Å². The van der Waals surface area contributed by atoms with E-state index in [0.717, 1.165) is 33.4 Å². The molecule has 154 valence electrons. The summed E-state index contributed by atoms with van der Waals surface area (Å²) in [5.41, 5.74) is 7.83. The summed E-state index contributed by atoms with van der Waals surface area (Å²) >= 11 is 0. The van der Waals surface area contributed by atoms with E-state index in [1.807, 2.05) is 48.5 Å². The van der Waals surface area contributed by atoms with Crippen LogP contribution in [0, 0.1) is 0 Å². The molecule has 6 nitrogen and oxygen atoms in total. The molecule has 0 spiro atoms. The molecule has 0 aliphatic carbocycles. The zero-order valence-corrected chi connectivity index (χ0v) is 17.1. The SMILES string of the molecule is O=C(NN=Cc1c(-c2ccccc2)n(-c2ccccc2)c2ccccc12)c1cnccn1. The zero-order chi connectivity index (χ0) is 21.8. The van der Waals surface area contributed by atoms with Crippen molar-refractivity contribution in [3.63, 3.8) is 0 Å². The maximum Gasteiger partial charge on any atom is 0.291 e. The number of carbonyl (C=O) groups is 1. The maximum absolute atomic E-state index is 12.3. The van der Waals surface area contributed by atoms with Gasteiger partial charge in [0.1, 0.15) is 5.69 Å². The molecule has 0 atom stereocenters. The van der Waals surface area contributed by atoms with Gasteiger partial charge in [0.05, 0.1) is 23.6 Å². The van der Waals surface area contributed by atoms with Crippen LogP contribution in [0.4, 0.5) is 0 Å². The van der Waals surface area contributed by atoms with Gasteiger partial charge in [-0.3, -0.25) is 9.78 Å². The first-order valence-corrected chi connectivity index (χ1v) is 10.2. The Morgan fingerprint density at radius 3 is 2.34 bits per heavy atom. The summed E-state index contributed by atoms with van der Waals surface area (Å²) in [4.78, 5) is 20.3. The fourth-order valence-electron chi connectivity index (χ4n) is 3.75. The molecule has 1 amide bonds. The van der Waals surface area contributed by atoms with Gasteiger partial charge in [-0.15, -0.1) is 0 Å². The molecule has 0 fully saturated rings. The predicted octanol–water partition coefficient (Wildman–Crippen LogP) is 4.85. The highest BCUT2D eigenvalue weighted by Crippen LogP contribution is 2.35. The Labute approximate surface area is 184 Å². The second kappa shape index (κ2) is 8.65. The van der Waals surface area contributed by atoms with Gasteiger partial charge < -0.3 is 4.57 Å². The van der Waals surface area contributed by atoms with E-state index in [0.29, 0.717) is 0 Å². The third-order valence-electron chi connectivity index (χ3n) is 5.13. The van der Waals surface area contributed by atoms with Gasteiger partial charge in [0.25, 0.3) is 5.91 Å². The highest BCUT2D eigenvalue weighted by Gasteiger charge is 2.18. The van der Waals surface area contributed by atoms with E-state index < -0.39 is 5.91 Å². The average molecular weight is 417 g/mol. The van der Waals surface area contributed by atoms with Gasteiger partial charge in [-0.05, 0) is 23.8 Å². The van der Waals surface area contributed by atoms with Gasteiger partial charge in [0, 0.05) is 29.0 Å². The number of rotatable bonds is 5. The van der Waals surface area contributed by atoms with Crippen LogP contribution in [0.5, 0.6) is 0 Å². The summed E-state index contributed by atoms with van der Waals surface area (Å²) in [6, 6.07) is 28.5. The van der Waals surface area contributed by atoms with Crippen molar-refractivity contribution < 1.29 is 4.79 Å². The maximum atomic E-state index is 12.3. The molecule has 0 saturated carbocycles. The first kappa shape index (κ1) is 19.4. The molecule has 3 aromatic carbocycles. The Kier molecular flexibility index (Phi) is 5.24. The molecule has 5 aromatic rings. The number of nitrogens with zero attached hydrogens (tertiary/aromatic N) is 4. The van der Waals surface area contributed by atoms with Crippen LogP contribution in [0.15, 0.2) is 109 Å². The molecule has 2 heterocycles. The van der Waals surface area contributed by atoms with Crippen molar-refractivity contribution in [3.8, 4) is 16.9 Å². The van der Waals surface area contributed by atoms with Gasteiger partial charge in [0.15, 0.2) is 0 Å². The number of carbonyl (C=O) groups excluding carboxylic acids is 1. The second-order valence-corrected chi connectivity index (χ2v) is 7.11. The predicted molar refractivity (Wildman–Crippen MR) is 126 cm³/mol. The molecular weight excluding hydrogens is 398 g/mol. The lowest BCUT2D eigenvalue weighted by molar-refractivity contribution is 0.0949. The van der Waals surface area contributed by atoms with Crippen molar-refractivity contribution in [2.24, 2.45) is 5.10 Å². The molecule has 0 saturated heterocycles. The third-order valence-corrected chi connectivity index (χ3v) is 5.13. The lowest BCUT2D eigenvalue weighted by Gasteiger charge is -2.12. The summed E-state index contributed by atoms with van der Waals surface area (Å²) in [5.74, 6) is -0.414. The molecule has 1 N–H and O–H groups in total. The monoisotopic (exact) mass is 417 g/mol. The fourth-order valence-corrected chi connectivity index (χ4v) is 3.75. The second-order valence-electron chi connectivity index (χ2n) is 7.11. The number of aromatic nitrogens is 3. The van der Waals surface area contributed by atoms with Gasteiger partial charge in [-0.25, -0.2) is 10.4 Å². The van der Waals surface area contributed by atoms with E-state index in [-0.39, 0.29) is 5.69 Å². The highest BCUT2D eigenvalue weighted by molar-refractivity contribution is 6.07. The van der Waals surface area contributed by atoms with Crippen molar-refractivity contribution >= 4 is 23.0 Å². The topological polar surface area (TPSA) is 72.2 Å². The van der Waals surface area contributed by atoms with E-state index in [4.69, 9.17) is 0 Å². The van der Waals surface area contributed by atoms with E-state index in [2.05, 4.69) is 61.5 Å². The van der Waals surface area contributed by atoms with Crippen LogP contribution >= 0.6 is 0 Å². The van der Waals surface area contributed by atoms with E-state index >= 15 is 0 Å². The Morgan fingerprint density at radius 2 is 1.59 bits per heavy atom. The number of benzene rings is 3. The lowest BCUT2D eigenvalue weighted by Crippen LogP contribution is -2.19. The first-order chi connectivity index (χ1) is 15.8. The molecule has 32 heavy (non-hydrogen) atoms. The van der Waals surface area contributed by atoms with Crippen LogP contribution in [0.2, 0.25) is 0 Å². The van der Waals surface area contributed by atoms with Crippen molar-refractivity contribution in [1.82, 2.24) is 20.0 Å². The van der Waals surface area contributed by atoms with Gasteiger partial charge >= 0.3 is 0 Å². The van der Waals surface area contributed by atoms with E-state index in [1.165, 1.54) is 18.6 Å². The van der Waals surface area contributed by atoms with Crippen LogP contribution < -0.4 is 5.43 Å². The summed E-state index contributed by atoms with van der Waals surface area (Å²) < 4.78 is 2.22. The van der Waals surface area contributed by atoms with Crippen molar-refractivity contribution in [1.29, 1.82) is 0 Å². The molecule has 6 heteroatoms. The summed E-state index contributed by atoms with van der Waals surface area (Å²) in [6.45, 7) is 0. The molecular formula is C26H19N5O. The number of para-hydroxylation sites is 2. The molecule has 0 aliphatic rings. The number of hydrogen-bond donors (Lipinski definition) is 1. The van der Waals surface area contributed by atoms with Crippen molar-refractivity contribution in [3.05, 3.63) is 115 Å². The minimum absolute atomic E-state index is 0.208. The summed E-state index contributed by atoms with van der Waals surface area (Å²) in [6.07, 6.45) is 6.09. The zero-order valence-electron chi connectivity index (χ0n) is 17.1. The standard InChI is InChI=1S/C26H19N5O/c32-26(23-18-27-15-16-28-23)30-29-17-22-21-13-7-8-14-24(21)31(20-11-5-2-6-12-20)25(22)19-9-3-1-4-10-19/h1-18H,(H,30,32). The molecule has 0 aliphatic heterocycles. The molecule has 0 bridgehead atoms. The summed E-state index contributed by atoms with van der Waals surface area (Å²) in [7, 11) is 0. The quantitative estimate of drug-likeness (QED) is 0.328. The minimum Gasteiger partial charge on any atom is -0.309 e. The Morgan fingerprint density at radius 1 is 0.875 bits per heavy atom. The number of hydrazone groups is 1. The summed E-state index contributed by atoms with van der Waals surface area (Å²) in [5, 5.41) is 5.29. The molecule has 0 radical (unpaired) electrons. The fraction of sp³-hybridized carbons (Fsp3) is 0. The normalized spacial score (nSPS) is 11.1. The number of fused-ring (bicyclic) bond motifs is 1. The number of amides is 1. The van der Waals surface area contributed by atoms with E-state index in [1.54, 1.807) is 6.21 Å². The number of nitrogens with one attached hydrogen (secondary N) is 1. The van der Waals surface area contributed by atoms with Crippen LogP contribution in [0.1, 0.15) is 16.1 Å². The van der Waals surface area contributed by atoms with Crippen LogP contribution in [0.3, 0.4) is 0 Å². The Hall–Kier alpha value is -4.58. The molecule has 0 unspecified atom stereocenters. The van der Waals surface area contributed by atoms with E-state index in [9.17, 15) is 4.79 Å². The van der Waals surface area contributed by atoms with Crippen molar-refractivity contribution in [2.75, 3.05) is 0 Å². The molecule has 5 rings (SSSR count). The Balaban J connectivity index is 1.66. The third kappa shape index (κ3) is 3.65. The average Bonchev–Trinajstić information content (AvgIpc) is 3.20. The smallest absolute Gasteiger partial charge is 0.291 e. The minimum atomic E-state index is -0.414. The van der Waals surface area contributed by atoms with Gasteiger partial charge in [0.2, 0.25) is 0 Å². The lowest BCUT2D eigenvalue weighted by atomic mass is 10.1. The first-order valence-electron chi connectivity index (χ1n) is 10.2. The highest BCUT2D eigenvalue weighted by atomic mass is 16.2. The Bertz CT molecular complexity index is 1390. The van der Waals surface area contributed by atoms with Gasteiger partial charge in [-0.1, -0.05) is 66.7 Å². The van der Waals surface area contributed by atoms with Crippen LogP contribution in [-0.4, -0.2) is 26.7 Å². The van der Waals surface area contributed by atoms with Gasteiger partial charge in [-0.2, -0.15) is 5.10 Å². The van der Waals surface area contributed by atoms with Crippen LogP contribution in [0.25, 0.3) is 27.8 Å². The van der Waals surface area contributed by atoms with Crippen molar-refractivity contribution in [2.45, 2.75) is 0 Å².